The van der Waals surface area contributed by atoms with E-state index in [2.05, 4.69) is 20.7 Å². The second kappa shape index (κ2) is 7.97. The molecule has 3 amide bonds. The molecule has 1 aliphatic rings. The lowest BCUT2D eigenvalue weighted by Crippen LogP contribution is -2.45. The Kier molecular flexibility index (Phi) is 5.97. The number of methoxy groups -OCH3 is 1. The van der Waals surface area contributed by atoms with E-state index in [1.807, 2.05) is 0 Å². The van der Waals surface area contributed by atoms with Gasteiger partial charge in [0.25, 0.3) is 0 Å². The van der Waals surface area contributed by atoms with Crippen LogP contribution in [0.2, 0.25) is 0 Å². The maximum Gasteiger partial charge on any atom is 0.337 e. The fourth-order valence-electron chi connectivity index (χ4n) is 2.32. The number of hydrogen-bond donors (Lipinski definition) is 3. The van der Waals surface area contributed by atoms with Crippen LogP contribution in [0.4, 0.5) is 10.5 Å². The molecule has 1 unspecified atom stereocenters. The highest BCUT2D eigenvalue weighted by Crippen LogP contribution is 2.11. The van der Waals surface area contributed by atoms with Crippen molar-refractivity contribution in [2.75, 3.05) is 30.5 Å². The second-order valence-corrected chi connectivity index (χ2v) is 7.77. The first-order valence-electron chi connectivity index (χ1n) is 7.52. The maximum absolute atomic E-state index is 11.8. The Hall–Kier alpha value is -2.62. The molecule has 1 aromatic rings. The molecule has 1 fully saturated rings. The summed E-state index contributed by atoms with van der Waals surface area (Å²) in [7, 11) is -1.81. The molecular weight excluding hydrogens is 350 g/mol. The highest BCUT2D eigenvalue weighted by Gasteiger charge is 2.28. The minimum atomic E-state index is -3.08. The molecule has 0 radical (unpaired) electrons. The summed E-state index contributed by atoms with van der Waals surface area (Å²) in [5, 5.41) is 7.44. The van der Waals surface area contributed by atoms with E-state index in [4.69, 9.17) is 0 Å². The van der Waals surface area contributed by atoms with Gasteiger partial charge < -0.3 is 20.7 Å². The molecular formula is C15H19N3O6S. The van der Waals surface area contributed by atoms with Gasteiger partial charge >= 0.3 is 12.0 Å². The number of ether oxygens (including phenoxy) is 1. The maximum atomic E-state index is 11.8. The van der Waals surface area contributed by atoms with Gasteiger partial charge in [0.2, 0.25) is 5.91 Å². The van der Waals surface area contributed by atoms with E-state index in [1.54, 1.807) is 0 Å². The third-order valence-electron chi connectivity index (χ3n) is 3.57. The molecule has 0 aliphatic carbocycles. The summed E-state index contributed by atoms with van der Waals surface area (Å²) in [4.78, 5) is 34.8. The monoisotopic (exact) mass is 369 g/mol. The van der Waals surface area contributed by atoms with Gasteiger partial charge in [-0.2, -0.15) is 0 Å². The molecule has 1 aliphatic heterocycles. The summed E-state index contributed by atoms with van der Waals surface area (Å²) in [5.74, 6) is -0.968. The fraction of sp³-hybridized carbons (Fsp3) is 0.400. The van der Waals surface area contributed by atoms with Crippen LogP contribution in [0.1, 0.15) is 16.8 Å². The van der Waals surface area contributed by atoms with E-state index < -0.39 is 33.8 Å². The summed E-state index contributed by atoms with van der Waals surface area (Å²) < 4.78 is 27.2. The van der Waals surface area contributed by atoms with Crippen LogP contribution >= 0.6 is 0 Å². The first-order chi connectivity index (χ1) is 11.8. The summed E-state index contributed by atoms with van der Waals surface area (Å²) >= 11 is 0. The summed E-state index contributed by atoms with van der Waals surface area (Å²) in [6.07, 6.45) is 0.370. The fourth-order valence-corrected chi connectivity index (χ4v) is 3.99. The average molecular weight is 369 g/mol. The van der Waals surface area contributed by atoms with Crippen LogP contribution in [0.5, 0.6) is 0 Å². The number of hydrogen-bond acceptors (Lipinski definition) is 6. The highest BCUT2D eigenvalue weighted by atomic mass is 32.2. The van der Waals surface area contributed by atoms with E-state index in [9.17, 15) is 22.8 Å². The topological polar surface area (TPSA) is 131 Å². The van der Waals surface area contributed by atoms with Gasteiger partial charge in [0.1, 0.15) is 0 Å². The van der Waals surface area contributed by atoms with E-state index in [1.165, 1.54) is 31.4 Å². The predicted molar refractivity (Wildman–Crippen MR) is 90.0 cm³/mol. The minimum absolute atomic E-state index is 0.0556. The number of amides is 3. The smallest absolute Gasteiger partial charge is 0.337 e. The van der Waals surface area contributed by atoms with E-state index in [0.717, 1.165) is 0 Å². The SMILES string of the molecule is COC(=O)c1ccc(NC(=O)CNC(=O)NC2CCS(=O)(=O)C2)cc1. The molecule has 1 aromatic carbocycles. The third-order valence-corrected chi connectivity index (χ3v) is 5.33. The summed E-state index contributed by atoms with van der Waals surface area (Å²) in [6.45, 7) is -0.274. The quantitative estimate of drug-likeness (QED) is 0.621. The van der Waals surface area contributed by atoms with Gasteiger partial charge in [-0.3, -0.25) is 4.79 Å². The van der Waals surface area contributed by atoms with Crippen molar-refractivity contribution in [2.45, 2.75) is 12.5 Å². The Bertz CT molecular complexity index is 760. The normalized spacial score (nSPS) is 18.2. The number of sulfone groups is 1. The van der Waals surface area contributed by atoms with Crippen LogP contribution < -0.4 is 16.0 Å². The number of carbonyl (C=O) groups is 3. The Morgan fingerprint density at radius 3 is 2.44 bits per heavy atom. The van der Waals surface area contributed by atoms with Crippen LogP contribution in [0.25, 0.3) is 0 Å². The van der Waals surface area contributed by atoms with Gasteiger partial charge in [-0.05, 0) is 30.7 Å². The average Bonchev–Trinajstić information content (AvgIpc) is 2.91. The molecule has 10 heteroatoms. The van der Waals surface area contributed by atoms with E-state index >= 15 is 0 Å². The molecule has 1 saturated heterocycles. The number of urea groups is 1. The van der Waals surface area contributed by atoms with Crippen molar-refractivity contribution in [1.82, 2.24) is 10.6 Å². The van der Waals surface area contributed by atoms with Crippen molar-refractivity contribution < 1.29 is 27.5 Å². The van der Waals surface area contributed by atoms with Gasteiger partial charge in [0, 0.05) is 11.7 Å². The standard InChI is InChI=1S/C15H19N3O6S/c1-24-14(20)10-2-4-11(5-3-10)17-13(19)8-16-15(21)18-12-6-7-25(22,23)9-12/h2-5,12H,6-9H2,1H3,(H,17,19)(H2,16,18,21). The molecule has 0 saturated carbocycles. The molecule has 0 bridgehead atoms. The molecule has 0 spiro atoms. The predicted octanol–water partition coefficient (Wildman–Crippen LogP) is -0.102. The zero-order valence-corrected chi connectivity index (χ0v) is 14.4. The summed E-state index contributed by atoms with van der Waals surface area (Å²) in [5.41, 5.74) is 0.811. The number of benzene rings is 1. The molecule has 0 aromatic heterocycles. The van der Waals surface area contributed by atoms with Crippen molar-refractivity contribution in [2.24, 2.45) is 0 Å². The molecule has 136 valence electrons. The van der Waals surface area contributed by atoms with Gasteiger partial charge in [-0.1, -0.05) is 0 Å². The van der Waals surface area contributed by atoms with Crippen molar-refractivity contribution in [1.29, 1.82) is 0 Å². The number of esters is 1. The van der Waals surface area contributed by atoms with E-state index in [-0.39, 0.29) is 18.1 Å². The first kappa shape index (κ1) is 18.7. The van der Waals surface area contributed by atoms with Gasteiger partial charge in [0.15, 0.2) is 9.84 Å². The Balaban J connectivity index is 1.75. The molecule has 1 heterocycles. The number of nitrogens with one attached hydrogen (secondary N) is 3. The van der Waals surface area contributed by atoms with Crippen molar-refractivity contribution in [3.63, 3.8) is 0 Å². The van der Waals surface area contributed by atoms with Crippen LogP contribution in [0.15, 0.2) is 24.3 Å². The van der Waals surface area contributed by atoms with Gasteiger partial charge in [-0.25, -0.2) is 18.0 Å². The number of carbonyl (C=O) groups excluding carboxylic acids is 3. The lowest BCUT2D eigenvalue weighted by atomic mass is 10.2. The van der Waals surface area contributed by atoms with Gasteiger partial charge in [-0.15, -0.1) is 0 Å². The molecule has 2 rings (SSSR count). The molecule has 25 heavy (non-hydrogen) atoms. The van der Waals surface area contributed by atoms with Crippen molar-refractivity contribution in [3.8, 4) is 0 Å². The lowest BCUT2D eigenvalue weighted by molar-refractivity contribution is -0.115. The van der Waals surface area contributed by atoms with Crippen LogP contribution in [0, 0.1) is 0 Å². The van der Waals surface area contributed by atoms with Crippen molar-refractivity contribution in [3.05, 3.63) is 29.8 Å². The Morgan fingerprint density at radius 1 is 1.20 bits per heavy atom. The zero-order chi connectivity index (χ0) is 18.4. The second-order valence-electron chi connectivity index (χ2n) is 5.54. The lowest BCUT2D eigenvalue weighted by Gasteiger charge is -2.12. The molecule has 3 N–H and O–H groups in total. The first-order valence-corrected chi connectivity index (χ1v) is 9.34. The van der Waals surface area contributed by atoms with Crippen LogP contribution in [-0.4, -0.2) is 57.5 Å². The third kappa shape index (κ3) is 5.75. The Labute approximate surface area is 145 Å². The van der Waals surface area contributed by atoms with Crippen LogP contribution in [0.3, 0.4) is 0 Å². The largest absolute Gasteiger partial charge is 0.465 e. The highest BCUT2D eigenvalue weighted by molar-refractivity contribution is 7.91. The Morgan fingerprint density at radius 2 is 1.88 bits per heavy atom. The molecule has 9 nitrogen and oxygen atoms in total. The van der Waals surface area contributed by atoms with Crippen molar-refractivity contribution >= 4 is 33.4 Å². The minimum Gasteiger partial charge on any atom is -0.465 e. The molecule has 1 atom stereocenters. The van der Waals surface area contributed by atoms with E-state index in [0.29, 0.717) is 17.7 Å². The van der Waals surface area contributed by atoms with Gasteiger partial charge in [0.05, 0.1) is 30.7 Å². The summed E-state index contributed by atoms with van der Waals surface area (Å²) in [6, 6.07) is 5.04. The number of anilines is 1. The zero-order valence-electron chi connectivity index (χ0n) is 13.6. The van der Waals surface area contributed by atoms with Crippen LogP contribution in [-0.2, 0) is 19.4 Å². The number of rotatable bonds is 5.